The summed E-state index contributed by atoms with van der Waals surface area (Å²) in [7, 11) is -3.86. The van der Waals surface area contributed by atoms with Crippen molar-refractivity contribution < 1.29 is 13.2 Å². The fourth-order valence-corrected chi connectivity index (χ4v) is 4.39. The van der Waals surface area contributed by atoms with E-state index in [0.717, 1.165) is 0 Å². The Morgan fingerprint density at radius 2 is 1.69 bits per heavy atom. The molecule has 3 aromatic rings. The maximum absolute atomic E-state index is 12.5. The molecule has 0 aliphatic heterocycles. The normalized spacial score (nSPS) is 11.3. The first-order valence-corrected chi connectivity index (χ1v) is 9.81. The van der Waals surface area contributed by atoms with Crippen molar-refractivity contribution in [2.75, 3.05) is 0 Å². The average molecular weight is 409 g/mol. The molecule has 0 aliphatic rings. The van der Waals surface area contributed by atoms with Gasteiger partial charge in [0.05, 0.1) is 10.0 Å². The van der Waals surface area contributed by atoms with Gasteiger partial charge in [-0.05, 0) is 35.9 Å². The number of pyridine rings is 1. The van der Waals surface area contributed by atoms with Gasteiger partial charge >= 0.3 is 0 Å². The van der Waals surface area contributed by atoms with Crippen molar-refractivity contribution in [3.05, 3.63) is 82.5 Å². The Hall–Kier alpha value is -2.12. The van der Waals surface area contributed by atoms with Crippen molar-refractivity contribution in [2.45, 2.75) is 11.4 Å². The number of halogens is 2. The minimum atomic E-state index is -3.86. The summed E-state index contributed by atoms with van der Waals surface area (Å²) in [5.41, 5.74) is 0.713. The molecule has 1 heterocycles. The maximum atomic E-state index is 12.5. The molecule has 0 saturated carbocycles. The summed E-state index contributed by atoms with van der Waals surface area (Å²) in [5, 5.41) is 0.134. The Kier molecular flexibility index (Phi) is 5.78. The largest absolute Gasteiger partial charge is 0.439 e. The molecule has 1 N–H and O–H groups in total. The van der Waals surface area contributed by atoms with Gasteiger partial charge in [-0.15, -0.1) is 0 Å². The van der Waals surface area contributed by atoms with E-state index in [1.165, 1.54) is 12.1 Å². The van der Waals surface area contributed by atoms with E-state index in [0.29, 0.717) is 17.2 Å². The second-order valence-corrected chi connectivity index (χ2v) is 7.81. The molecule has 0 saturated heterocycles. The quantitative estimate of drug-likeness (QED) is 0.643. The highest BCUT2D eigenvalue weighted by atomic mass is 35.5. The van der Waals surface area contributed by atoms with Crippen molar-refractivity contribution in [3.63, 3.8) is 0 Å². The van der Waals surface area contributed by atoms with E-state index in [4.69, 9.17) is 27.9 Å². The lowest BCUT2D eigenvalue weighted by atomic mass is 10.2. The molecule has 8 heteroatoms. The molecular formula is C18H14Cl2N2O3S. The first kappa shape index (κ1) is 18.7. The van der Waals surface area contributed by atoms with Crippen LogP contribution >= 0.6 is 23.2 Å². The van der Waals surface area contributed by atoms with Crippen LogP contribution in [0.3, 0.4) is 0 Å². The van der Waals surface area contributed by atoms with Gasteiger partial charge in [0.15, 0.2) is 0 Å². The fourth-order valence-electron chi connectivity index (χ4n) is 2.24. The lowest BCUT2D eigenvalue weighted by molar-refractivity contribution is 0.462. The van der Waals surface area contributed by atoms with Crippen LogP contribution in [0.4, 0.5) is 0 Å². The molecule has 0 spiro atoms. The van der Waals surface area contributed by atoms with Gasteiger partial charge < -0.3 is 4.74 Å². The number of ether oxygens (including phenoxy) is 1. The van der Waals surface area contributed by atoms with Gasteiger partial charge in [-0.2, -0.15) is 0 Å². The molecule has 0 radical (unpaired) electrons. The molecule has 3 rings (SSSR count). The maximum Gasteiger partial charge on any atom is 0.243 e. The minimum absolute atomic E-state index is 0.0588. The number of sulfonamides is 1. The molecule has 26 heavy (non-hydrogen) atoms. The molecule has 0 fully saturated rings. The van der Waals surface area contributed by atoms with E-state index in [2.05, 4.69) is 9.71 Å². The first-order chi connectivity index (χ1) is 12.5. The zero-order valence-electron chi connectivity index (χ0n) is 13.4. The molecular weight excluding hydrogens is 395 g/mol. The molecule has 1 aromatic heterocycles. The van der Waals surface area contributed by atoms with Crippen LogP contribution in [-0.4, -0.2) is 13.4 Å². The molecule has 0 amide bonds. The molecule has 134 valence electrons. The topological polar surface area (TPSA) is 68.3 Å². The second kappa shape index (κ2) is 8.05. The highest BCUT2D eigenvalue weighted by Crippen LogP contribution is 2.29. The van der Waals surface area contributed by atoms with E-state index in [9.17, 15) is 8.42 Å². The number of nitrogens with one attached hydrogen (secondary N) is 1. The van der Waals surface area contributed by atoms with Crippen molar-refractivity contribution >= 4 is 33.2 Å². The Morgan fingerprint density at radius 3 is 2.38 bits per heavy atom. The highest BCUT2D eigenvalue weighted by molar-refractivity contribution is 7.89. The lowest BCUT2D eigenvalue weighted by Crippen LogP contribution is -2.23. The predicted octanol–water partition coefficient (Wildman–Crippen LogP) is 4.66. The van der Waals surface area contributed by atoms with E-state index < -0.39 is 10.0 Å². The number of rotatable bonds is 6. The first-order valence-electron chi connectivity index (χ1n) is 7.57. The molecule has 2 aromatic carbocycles. The molecule has 0 atom stereocenters. The number of hydrogen-bond donors (Lipinski definition) is 1. The van der Waals surface area contributed by atoms with Crippen LogP contribution in [0.25, 0.3) is 0 Å². The number of aromatic nitrogens is 1. The van der Waals surface area contributed by atoms with Crippen LogP contribution in [-0.2, 0) is 16.6 Å². The summed E-state index contributed by atoms with van der Waals surface area (Å²) in [5.74, 6) is 1.00. The van der Waals surface area contributed by atoms with Gasteiger partial charge in [0, 0.05) is 18.8 Å². The summed E-state index contributed by atoms with van der Waals surface area (Å²) in [6.07, 6.45) is 1.63. The predicted molar refractivity (Wildman–Crippen MR) is 101 cm³/mol. The second-order valence-electron chi connectivity index (χ2n) is 5.29. The lowest BCUT2D eigenvalue weighted by Gasteiger charge is -2.11. The Morgan fingerprint density at radius 1 is 0.962 bits per heavy atom. The van der Waals surface area contributed by atoms with Gasteiger partial charge in [0.25, 0.3) is 0 Å². The van der Waals surface area contributed by atoms with E-state index in [1.807, 2.05) is 6.07 Å². The number of hydrogen-bond acceptors (Lipinski definition) is 4. The van der Waals surface area contributed by atoms with Crippen molar-refractivity contribution in [1.82, 2.24) is 9.71 Å². The van der Waals surface area contributed by atoms with Crippen LogP contribution in [0.15, 0.2) is 71.8 Å². The summed E-state index contributed by atoms with van der Waals surface area (Å²) >= 11 is 12.0. The van der Waals surface area contributed by atoms with Gasteiger partial charge in [-0.1, -0.05) is 47.5 Å². The summed E-state index contributed by atoms with van der Waals surface area (Å²) in [6, 6.07) is 16.9. The molecule has 0 unspecified atom stereocenters. The zero-order valence-corrected chi connectivity index (χ0v) is 15.7. The van der Waals surface area contributed by atoms with Crippen molar-refractivity contribution in [3.8, 4) is 11.6 Å². The highest BCUT2D eigenvalue weighted by Gasteiger charge is 2.21. The monoisotopic (exact) mass is 408 g/mol. The molecule has 5 nitrogen and oxygen atoms in total. The smallest absolute Gasteiger partial charge is 0.243 e. The van der Waals surface area contributed by atoms with E-state index >= 15 is 0 Å². The average Bonchev–Trinajstić information content (AvgIpc) is 2.61. The van der Waals surface area contributed by atoms with E-state index in [-0.39, 0.29) is 21.5 Å². The van der Waals surface area contributed by atoms with Gasteiger partial charge in [-0.3, -0.25) is 0 Å². The van der Waals surface area contributed by atoms with E-state index in [1.54, 1.807) is 48.7 Å². The SMILES string of the molecule is O=S(=O)(NCc1cccc(Oc2ccccn2)c1)c1c(Cl)cccc1Cl. The van der Waals surface area contributed by atoms with Gasteiger partial charge in [0.1, 0.15) is 10.6 Å². The summed E-state index contributed by atoms with van der Waals surface area (Å²) in [6.45, 7) is 0.0588. The summed E-state index contributed by atoms with van der Waals surface area (Å²) < 4.78 is 33.1. The number of benzene rings is 2. The summed E-state index contributed by atoms with van der Waals surface area (Å²) in [4.78, 5) is 3.95. The van der Waals surface area contributed by atoms with Crippen molar-refractivity contribution in [2.24, 2.45) is 0 Å². The third kappa shape index (κ3) is 4.53. The fraction of sp³-hybridized carbons (Fsp3) is 0.0556. The third-order valence-electron chi connectivity index (χ3n) is 3.41. The van der Waals surface area contributed by atoms with Crippen LogP contribution in [0.5, 0.6) is 11.6 Å². The molecule has 0 bridgehead atoms. The Bertz CT molecular complexity index is 992. The van der Waals surface area contributed by atoms with Crippen molar-refractivity contribution in [1.29, 1.82) is 0 Å². The van der Waals surface area contributed by atoms with Crippen LogP contribution in [0.1, 0.15) is 5.56 Å². The minimum Gasteiger partial charge on any atom is -0.439 e. The third-order valence-corrected chi connectivity index (χ3v) is 5.77. The molecule has 0 aliphatic carbocycles. The van der Waals surface area contributed by atoms with Crippen LogP contribution in [0.2, 0.25) is 10.0 Å². The van der Waals surface area contributed by atoms with Gasteiger partial charge in [-0.25, -0.2) is 18.1 Å². The Labute approximate surface area is 161 Å². The zero-order chi connectivity index (χ0) is 18.6. The standard InChI is InChI=1S/C18H14Cl2N2O3S/c19-15-7-4-8-16(20)18(15)26(23,24)22-12-13-5-3-6-14(11-13)25-17-9-1-2-10-21-17/h1-11,22H,12H2. The van der Waals surface area contributed by atoms with Crippen LogP contribution < -0.4 is 9.46 Å². The number of nitrogens with zero attached hydrogens (tertiary/aromatic N) is 1. The Balaban J connectivity index is 1.75. The van der Waals surface area contributed by atoms with Gasteiger partial charge in [0.2, 0.25) is 15.9 Å². The van der Waals surface area contributed by atoms with Crippen LogP contribution in [0, 0.1) is 0 Å².